The minimum Gasteiger partial charge on any atom is -0.327 e. The molecule has 0 aliphatic carbocycles. The van der Waals surface area contributed by atoms with Gasteiger partial charge in [-0.15, -0.1) is 12.4 Å². The lowest BCUT2D eigenvalue weighted by Crippen LogP contribution is -2.34. The Morgan fingerprint density at radius 3 is 2.35 bits per heavy atom. The van der Waals surface area contributed by atoms with Crippen LogP contribution in [0.5, 0.6) is 0 Å². The zero-order valence-electron chi connectivity index (χ0n) is 11.6. The molecule has 0 bridgehead atoms. The highest BCUT2D eigenvalue weighted by atomic mass is 35.5. The average molecular weight is 304 g/mol. The van der Waals surface area contributed by atoms with Gasteiger partial charge in [0, 0.05) is 18.7 Å². The van der Waals surface area contributed by atoms with E-state index in [0.717, 1.165) is 0 Å². The monoisotopic (exact) mass is 303 g/mol. The number of carbonyl (C=O) groups is 2. The summed E-state index contributed by atoms with van der Waals surface area (Å²) >= 11 is 0. The van der Waals surface area contributed by atoms with Gasteiger partial charge in [-0.05, 0) is 25.1 Å². The van der Waals surface area contributed by atoms with Gasteiger partial charge in [0.25, 0.3) is 0 Å². The van der Waals surface area contributed by atoms with Crippen molar-refractivity contribution in [2.45, 2.75) is 26.8 Å². The van der Waals surface area contributed by atoms with E-state index in [4.69, 9.17) is 5.73 Å². The molecule has 20 heavy (non-hydrogen) atoms. The quantitative estimate of drug-likeness (QED) is 0.796. The van der Waals surface area contributed by atoms with Crippen LogP contribution in [0.3, 0.4) is 0 Å². The highest BCUT2D eigenvalue weighted by Crippen LogP contribution is 2.20. The van der Waals surface area contributed by atoms with Gasteiger partial charge in [0.2, 0.25) is 11.8 Å². The molecule has 1 aromatic carbocycles. The summed E-state index contributed by atoms with van der Waals surface area (Å²) in [6.45, 7) is 4.72. The molecule has 0 aliphatic heterocycles. The van der Waals surface area contributed by atoms with Gasteiger partial charge in [-0.3, -0.25) is 9.59 Å². The van der Waals surface area contributed by atoms with Gasteiger partial charge < -0.3 is 16.4 Å². The fraction of sp³-hybridized carbons (Fsp3) is 0.385. The van der Waals surface area contributed by atoms with E-state index in [-0.39, 0.29) is 41.9 Å². The molecule has 2 unspecified atom stereocenters. The Morgan fingerprint density at radius 1 is 1.25 bits per heavy atom. The molecule has 0 spiro atoms. The molecule has 0 saturated heterocycles. The van der Waals surface area contributed by atoms with Crippen molar-refractivity contribution < 1.29 is 14.0 Å². The maximum absolute atomic E-state index is 13.4. The molecule has 4 N–H and O–H groups in total. The second-order valence-corrected chi connectivity index (χ2v) is 4.51. The van der Waals surface area contributed by atoms with Crippen LogP contribution in [0.15, 0.2) is 18.2 Å². The summed E-state index contributed by atoms with van der Waals surface area (Å²) in [6.07, 6.45) is 0. The van der Waals surface area contributed by atoms with Crippen LogP contribution in [-0.4, -0.2) is 17.9 Å². The summed E-state index contributed by atoms with van der Waals surface area (Å²) in [5, 5.41) is 4.98. The van der Waals surface area contributed by atoms with Crippen LogP contribution in [0.2, 0.25) is 0 Å². The van der Waals surface area contributed by atoms with E-state index >= 15 is 0 Å². The van der Waals surface area contributed by atoms with E-state index in [1.165, 1.54) is 25.1 Å². The van der Waals surface area contributed by atoms with Crippen LogP contribution in [0.1, 0.15) is 20.8 Å². The molecule has 1 aromatic rings. The van der Waals surface area contributed by atoms with Crippen LogP contribution in [-0.2, 0) is 9.59 Å². The van der Waals surface area contributed by atoms with Gasteiger partial charge in [-0.2, -0.15) is 0 Å². The summed E-state index contributed by atoms with van der Waals surface area (Å²) in [6, 6.07) is 3.68. The van der Waals surface area contributed by atoms with Crippen molar-refractivity contribution in [1.29, 1.82) is 0 Å². The molecule has 5 nitrogen and oxygen atoms in total. The van der Waals surface area contributed by atoms with Gasteiger partial charge in [-0.25, -0.2) is 4.39 Å². The standard InChI is InChI=1S/C13H18FN3O2.ClH/c1-7(8(2)15)13(19)17-10-4-5-11(14)12(6-10)16-9(3)18;/h4-8H,15H2,1-3H3,(H,16,18)(H,17,19);1H. The number of halogens is 2. The fourth-order valence-electron chi connectivity index (χ4n) is 1.38. The summed E-state index contributed by atoms with van der Waals surface area (Å²) in [5.41, 5.74) is 6.06. The Hall–Kier alpha value is -1.66. The molecule has 0 saturated carbocycles. The molecule has 0 radical (unpaired) electrons. The van der Waals surface area contributed by atoms with Crippen molar-refractivity contribution in [2.24, 2.45) is 11.7 Å². The first kappa shape index (κ1) is 18.3. The lowest BCUT2D eigenvalue weighted by atomic mass is 10.0. The van der Waals surface area contributed by atoms with Crippen molar-refractivity contribution in [1.82, 2.24) is 0 Å². The minimum absolute atomic E-state index is 0. The number of nitrogens with one attached hydrogen (secondary N) is 2. The molecule has 1 rings (SSSR count). The second kappa shape index (κ2) is 7.81. The first-order valence-electron chi connectivity index (χ1n) is 5.95. The van der Waals surface area contributed by atoms with E-state index in [1.807, 2.05) is 0 Å². The van der Waals surface area contributed by atoms with Crippen LogP contribution in [0.25, 0.3) is 0 Å². The number of hydrogen-bond donors (Lipinski definition) is 3. The molecular weight excluding hydrogens is 285 g/mol. The topological polar surface area (TPSA) is 84.2 Å². The Labute approximate surface area is 123 Å². The number of carbonyl (C=O) groups excluding carboxylic acids is 2. The van der Waals surface area contributed by atoms with E-state index in [0.29, 0.717) is 5.69 Å². The Bertz CT molecular complexity index is 495. The van der Waals surface area contributed by atoms with Crippen LogP contribution < -0.4 is 16.4 Å². The molecule has 7 heteroatoms. The Morgan fingerprint density at radius 2 is 1.85 bits per heavy atom. The first-order chi connectivity index (χ1) is 8.81. The van der Waals surface area contributed by atoms with Gasteiger partial charge in [0.1, 0.15) is 5.82 Å². The first-order valence-corrected chi connectivity index (χ1v) is 5.95. The zero-order valence-corrected chi connectivity index (χ0v) is 12.4. The Kier molecular flexibility index (Phi) is 7.17. The maximum Gasteiger partial charge on any atom is 0.228 e. The maximum atomic E-state index is 13.4. The molecule has 2 atom stereocenters. The lowest BCUT2D eigenvalue weighted by Gasteiger charge is -2.16. The SMILES string of the molecule is CC(=O)Nc1cc(NC(=O)C(C)C(C)N)ccc1F.Cl. The van der Waals surface area contributed by atoms with Crippen molar-refractivity contribution >= 4 is 35.6 Å². The van der Waals surface area contributed by atoms with Crippen LogP contribution in [0.4, 0.5) is 15.8 Å². The zero-order chi connectivity index (χ0) is 14.6. The van der Waals surface area contributed by atoms with E-state index in [9.17, 15) is 14.0 Å². The lowest BCUT2D eigenvalue weighted by molar-refractivity contribution is -0.119. The molecule has 112 valence electrons. The van der Waals surface area contributed by atoms with Crippen molar-refractivity contribution in [2.75, 3.05) is 10.6 Å². The number of anilines is 2. The van der Waals surface area contributed by atoms with Gasteiger partial charge in [0.15, 0.2) is 0 Å². The fourth-order valence-corrected chi connectivity index (χ4v) is 1.38. The van der Waals surface area contributed by atoms with Crippen LogP contribution in [0, 0.1) is 11.7 Å². The van der Waals surface area contributed by atoms with E-state index < -0.39 is 5.82 Å². The average Bonchev–Trinajstić information content (AvgIpc) is 2.31. The van der Waals surface area contributed by atoms with Crippen molar-refractivity contribution in [3.63, 3.8) is 0 Å². The normalized spacial score (nSPS) is 12.8. The van der Waals surface area contributed by atoms with Gasteiger partial charge >= 0.3 is 0 Å². The minimum atomic E-state index is -0.562. The highest BCUT2D eigenvalue weighted by Gasteiger charge is 2.17. The third-order valence-electron chi connectivity index (χ3n) is 2.75. The number of nitrogens with two attached hydrogens (primary N) is 1. The smallest absolute Gasteiger partial charge is 0.228 e. The molecule has 0 aliphatic rings. The predicted octanol–water partition coefficient (Wildman–Crippen LogP) is 2.13. The van der Waals surface area contributed by atoms with Gasteiger partial charge in [-0.1, -0.05) is 6.92 Å². The largest absolute Gasteiger partial charge is 0.327 e. The summed E-state index contributed by atoms with van der Waals surface area (Å²) in [4.78, 5) is 22.7. The Balaban J connectivity index is 0.00000361. The third kappa shape index (κ3) is 5.14. The molecule has 2 amide bonds. The number of benzene rings is 1. The molecule has 0 aromatic heterocycles. The van der Waals surface area contributed by atoms with E-state index in [1.54, 1.807) is 13.8 Å². The number of rotatable bonds is 4. The second-order valence-electron chi connectivity index (χ2n) is 4.51. The number of amides is 2. The van der Waals surface area contributed by atoms with Crippen molar-refractivity contribution in [3.05, 3.63) is 24.0 Å². The third-order valence-corrected chi connectivity index (χ3v) is 2.75. The highest BCUT2D eigenvalue weighted by molar-refractivity contribution is 5.94. The molecular formula is C13H19ClFN3O2. The summed E-state index contributed by atoms with van der Waals surface area (Å²) < 4.78 is 13.4. The van der Waals surface area contributed by atoms with E-state index in [2.05, 4.69) is 10.6 Å². The summed E-state index contributed by atoms with van der Waals surface area (Å²) in [7, 11) is 0. The number of hydrogen-bond acceptors (Lipinski definition) is 3. The predicted molar refractivity (Wildman–Crippen MR) is 79.4 cm³/mol. The summed E-state index contributed by atoms with van der Waals surface area (Å²) in [5.74, 6) is -1.57. The van der Waals surface area contributed by atoms with Gasteiger partial charge in [0.05, 0.1) is 11.6 Å². The molecule has 0 heterocycles. The van der Waals surface area contributed by atoms with Crippen LogP contribution >= 0.6 is 12.4 Å². The van der Waals surface area contributed by atoms with Crippen molar-refractivity contribution in [3.8, 4) is 0 Å². The molecule has 0 fully saturated rings.